The first-order valence-corrected chi connectivity index (χ1v) is 4.86. The summed E-state index contributed by atoms with van der Waals surface area (Å²) in [6.07, 6.45) is 1.65. The van der Waals surface area contributed by atoms with Crippen LogP contribution in [0.3, 0.4) is 0 Å². The molecule has 0 spiro atoms. The number of hydrogen-bond acceptors (Lipinski definition) is 3. The molecular weight excluding hydrogens is 214 g/mol. The van der Waals surface area contributed by atoms with Gasteiger partial charge in [-0.25, -0.2) is 0 Å². The van der Waals surface area contributed by atoms with Gasteiger partial charge in [0.1, 0.15) is 0 Å². The van der Waals surface area contributed by atoms with Gasteiger partial charge >= 0.3 is 0 Å². The van der Waals surface area contributed by atoms with E-state index in [2.05, 4.69) is 15.0 Å². The Balaban J connectivity index is 2.71. The largest absolute Gasteiger partial charge is 0.256 e. The molecule has 0 saturated carbocycles. The van der Waals surface area contributed by atoms with Crippen LogP contribution in [0, 0.1) is 11.3 Å². The summed E-state index contributed by atoms with van der Waals surface area (Å²) >= 11 is 0. The second-order valence-electron chi connectivity index (χ2n) is 3.22. The maximum absolute atomic E-state index is 8.96. The smallest absolute Gasteiger partial charge is 0.0996 e. The van der Waals surface area contributed by atoms with Crippen LogP contribution in [0.4, 0.5) is 5.69 Å². The van der Waals surface area contributed by atoms with Gasteiger partial charge < -0.3 is 0 Å². The highest BCUT2D eigenvalue weighted by molar-refractivity contribution is 5.77. The molecule has 0 saturated heterocycles. The average molecular weight is 221 g/mol. The Kier molecular flexibility index (Phi) is 3.01. The van der Waals surface area contributed by atoms with Crippen LogP contribution in [0.2, 0.25) is 0 Å². The van der Waals surface area contributed by atoms with Crippen molar-refractivity contribution in [3.8, 4) is 17.3 Å². The molecule has 1 aromatic carbocycles. The maximum Gasteiger partial charge on any atom is 0.0996 e. The van der Waals surface area contributed by atoms with Gasteiger partial charge in [0.05, 0.1) is 23.0 Å². The van der Waals surface area contributed by atoms with E-state index in [4.69, 9.17) is 10.8 Å². The van der Waals surface area contributed by atoms with Gasteiger partial charge in [0.2, 0.25) is 0 Å². The molecule has 1 heterocycles. The van der Waals surface area contributed by atoms with E-state index >= 15 is 0 Å². The lowest BCUT2D eigenvalue weighted by atomic mass is 10.0. The van der Waals surface area contributed by atoms with E-state index in [1.54, 1.807) is 36.5 Å². The van der Waals surface area contributed by atoms with Crippen molar-refractivity contribution in [2.45, 2.75) is 0 Å². The van der Waals surface area contributed by atoms with Crippen molar-refractivity contribution < 1.29 is 0 Å². The van der Waals surface area contributed by atoms with Crippen LogP contribution in [0.5, 0.6) is 0 Å². The van der Waals surface area contributed by atoms with Gasteiger partial charge in [0, 0.05) is 16.7 Å². The van der Waals surface area contributed by atoms with Gasteiger partial charge in [-0.1, -0.05) is 23.3 Å². The highest BCUT2D eigenvalue weighted by atomic mass is 15.1. The second-order valence-corrected chi connectivity index (χ2v) is 3.22. The molecule has 80 valence electrons. The minimum Gasteiger partial charge on any atom is -0.256 e. The molecule has 2 aromatic rings. The van der Waals surface area contributed by atoms with Crippen molar-refractivity contribution in [3.05, 3.63) is 58.6 Å². The molecule has 0 aliphatic carbocycles. The summed E-state index contributed by atoms with van der Waals surface area (Å²) in [5, 5.41) is 12.5. The molecule has 0 aliphatic rings. The Morgan fingerprint density at radius 2 is 2.12 bits per heavy atom. The number of benzene rings is 1. The third kappa shape index (κ3) is 2.07. The summed E-state index contributed by atoms with van der Waals surface area (Å²) < 4.78 is 0. The molecule has 0 fully saturated rings. The molecule has 17 heavy (non-hydrogen) atoms. The normalized spacial score (nSPS) is 9.12. The molecular formula is C12H7N5. The molecule has 0 atom stereocenters. The minimum absolute atomic E-state index is 0.316. The fraction of sp³-hybridized carbons (Fsp3) is 0. The van der Waals surface area contributed by atoms with Gasteiger partial charge in [-0.05, 0) is 23.7 Å². The summed E-state index contributed by atoms with van der Waals surface area (Å²) in [5.74, 6) is 0. The van der Waals surface area contributed by atoms with Crippen molar-refractivity contribution in [1.82, 2.24) is 4.98 Å². The summed E-state index contributed by atoms with van der Waals surface area (Å²) in [5.41, 5.74) is 10.5. The zero-order valence-corrected chi connectivity index (χ0v) is 8.78. The Morgan fingerprint density at radius 3 is 2.76 bits per heavy atom. The summed E-state index contributed by atoms with van der Waals surface area (Å²) in [7, 11) is 0. The molecule has 0 radical (unpaired) electrons. The molecule has 0 N–H and O–H groups in total. The number of azide groups is 1. The van der Waals surface area contributed by atoms with Crippen LogP contribution in [0.1, 0.15) is 5.56 Å². The number of nitrogens with zero attached hydrogens (tertiary/aromatic N) is 5. The monoisotopic (exact) mass is 221 g/mol. The average Bonchev–Trinajstić information content (AvgIpc) is 2.40. The van der Waals surface area contributed by atoms with Crippen molar-refractivity contribution in [2.75, 3.05) is 0 Å². The standard InChI is InChI=1S/C12H7N5/c13-8-9-4-3-5-10(12(9)16-17-14)11-6-1-2-7-15-11/h1-7H. The Morgan fingerprint density at radius 1 is 1.24 bits per heavy atom. The third-order valence-corrected chi connectivity index (χ3v) is 2.24. The Bertz CT molecular complexity index is 621. The molecule has 0 unspecified atom stereocenters. The van der Waals surface area contributed by atoms with Crippen molar-refractivity contribution in [3.63, 3.8) is 0 Å². The molecule has 0 bridgehead atoms. The van der Waals surface area contributed by atoms with E-state index in [9.17, 15) is 0 Å². The van der Waals surface area contributed by atoms with Gasteiger partial charge in [0.15, 0.2) is 0 Å². The molecule has 1 aromatic heterocycles. The molecule has 0 aliphatic heterocycles. The Labute approximate surface area is 97.6 Å². The van der Waals surface area contributed by atoms with Gasteiger partial charge in [-0.2, -0.15) is 5.26 Å². The lowest BCUT2D eigenvalue weighted by molar-refractivity contribution is 1.31. The summed E-state index contributed by atoms with van der Waals surface area (Å²) in [6.45, 7) is 0. The number of aromatic nitrogens is 1. The summed E-state index contributed by atoms with van der Waals surface area (Å²) in [4.78, 5) is 6.92. The topological polar surface area (TPSA) is 85.4 Å². The molecule has 5 nitrogen and oxygen atoms in total. The lowest BCUT2D eigenvalue weighted by Gasteiger charge is -2.05. The highest BCUT2D eigenvalue weighted by Gasteiger charge is 2.08. The van der Waals surface area contributed by atoms with E-state index in [1.165, 1.54) is 0 Å². The first kappa shape index (κ1) is 10.7. The number of pyridine rings is 1. The highest BCUT2D eigenvalue weighted by Crippen LogP contribution is 2.31. The van der Waals surface area contributed by atoms with E-state index in [0.717, 1.165) is 0 Å². The van der Waals surface area contributed by atoms with Crippen LogP contribution >= 0.6 is 0 Å². The van der Waals surface area contributed by atoms with Crippen LogP contribution < -0.4 is 0 Å². The fourth-order valence-electron chi connectivity index (χ4n) is 1.51. The van der Waals surface area contributed by atoms with E-state index in [1.807, 2.05) is 12.1 Å². The van der Waals surface area contributed by atoms with E-state index in [-0.39, 0.29) is 0 Å². The minimum atomic E-state index is 0.316. The first-order chi connectivity index (χ1) is 8.36. The number of hydrogen-bond donors (Lipinski definition) is 0. The number of nitriles is 1. The maximum atomic E-state index is 8.96. The van der Waals surface area contributed by atoms with E-state index in [0.29, 0.717) is 22.5 Å². The van der Waals surface area contributed by atoms with E-state index < -0.39 is 0 Å². The van der Waals surface area contributed by atoms with Crippen molar-refractivity contribution in [1.29, 1.82) is 5.26 Å². The predicted molar refractivity (Wildman–Crippen MR) is 63.2 cm³/mol. The van der Waals surface area contributed by atoms with Gasteiger partial charge in [0.25, 0.3) is 0 Å². The van der Waals surface area contributed by atoms with Crippen LogP contribution in [0.15, 0.2) is 47.7 Å². The van der Waals surface area contributed by atoms with Crippen LogP contribution in [-0.2, 0) is 0 Å². The zero-order valence-electron chi connectivity index (χ0n) is 8.78. The number of rotatable bonds is 2. The van der Waals surface area contributed by atoms with Gasteiger partial charge in [-0.15, -0.1) is 0 Å². The molecule has 2 rings (SSSR count). The predicted octanol–water partition coefficient (Wildman–Crippen LogP) is 3.56. The quantitative estimate of drug-likeness (QED) is 0.441. The van der Waals surface area contributed by atoms with Crippen LogP contribution in [-0.4, -0.2) is 4.98 Å². The first-order valence-electron chi connectivity index (χ1n) is 4.86. The zero-order chi connectivity index (χ0) is 12.1. The third-order valence-electron chi connectivity index (χ3n) is 2.24. The van der Waals surface area contributed by atoms with Crippen LogP contribution in [0.25, 0.3) is 21.7 Å². The lowest BCUT2D eigenvalue weighted by Crippen LogP contribution is -1.85. The Hall–Kier alpha value is -2.83. The summed E-state index contributed by atoms with van der Waals surface area (Å²) in [6, 6.07) is 12.5. The SMILES string of the molecule is N#Cc1cccc(-c2ccccn2)c1N=[N+]=[N-]. The van der Waals surface area contributed by atoms with Crippen molar-refractivity contribution in [2.24, 2.45) is 5.11 Å². The van der Waals surface area contributed by atoms with Crippen molar-refractivity contribution >= 4 is 5.69 Å². The molecule has 5 heteroatoms. The van der Waals surface area contributed by atoms with Gasteiger partial charge in [-0.3, -0.25) is 4.98 Å². The second kappa shape index (κ2) is 4.79. The fourth-order valence-corrected chi connectivity index (χ4v) is 1.51. The molecule has 0 amide bonds.